The van der Waals surface area contributed by atoms with Crippen LogP contribution in [0.3, 0.4) is 0 Å². The molecule has 138 valence electrons. The zero-order chi connectivity index (χ0) is 18.8. The number of amides is 3. The number of aromatic nitrogens is 1. The van der Waals surface area contributed by atoms with Crippen LogP contribution in [0, 0.1) is 0 Å². The number of benzene rings is 1. The molecule has 1 aromatic heterocycles. The van der Waals surface area contributed by atoms with Gasteiger partial charge in [0.05, 0.1) is 11.1 Å². The lowest BCUT2D eigenvalue weighted by Gasteiger charge is -2.36. The van der Waals surface area contributed by atoms with Crippen molar-refractivity contribution in [3.8, 4) is 0 Å². The third-order valence-corrected chi connectivity index (χ3v) is 5.09. The highest BCUT2D eigenvalue weighted by atomic mass is 16.2. The molecule has 2 aliphatic rings. The van der Waals surface area contributed by atoms with Crippen LogP contribution in [0.2, 0.25) is 0 Å². The van der Waals surface area contributed by atoms with Gasteiger partial charge in [-0.1, -0.05) is 12.1 Å². The second-order valence-corrected chi connectivity index (χ2v) is 6.63. The van der Waals surface area contributed by atoms with Crippen LogP contribution in [-0.2, 0) is 4.79 Å². The van der Waals surface area contributed by atoms with Gasteiger partial charge in [0, 0.05) is 57.2 Å². The van der Waals surface area contributed by atoms with Gasteiger partial charge < -0.3 is 9.80 Å². The fourth-order valence-corrected chi connectivity index (χ4v) is 3.58. The van der Waals surface area contributed by atoms with E-state index in [1.807, 2.05) is 12.1 Å². The number of pyridine rings is 1. The van der Waals surface area contributed by atoms with Crippen molar-refractivity contribution in [3.63, 3.8) is 0 Å². The molecular weight excluding hydrogens is 344 g/mol. The molecule has 0 aliphatic carbocycles. The number of hydrogen-bond acceptors (Lipinski definition) is 5. The molecule has 0 saturated carbocycles. The van der Waals surface area contributed by atoms with E-state index in [0.29, 0.717) is 24.2 Å². The number of fused-ring (bicyclic) bond motifs is 1. The number of hydrogen-bond donors (Lipinski definition) is 0. The Morgan fingerprint density at radius 2 is 1.48 bits per heavy atom. The van der Waals surface area contributed by atoms with Gasteiger partial charge in [-0.25, -0.2) is 0 Å². The molecule has 7 heteroatoms. The Labute approximate surface area is 157 Å². The predicted molar refractivity (Wildman–Crippen MR) is 99.5 cm³/mol. The Kier molecular flexibility index (Phi) is 4.58. The highest BCUT2D eigenvalue weighted by Gasteiger charge is 2.35. The summed E-state index contributed by atoms with van der Waals surface area (Å²) in [4.78, 5) is 46.5. The van der Waals surface area contributed by atoms with Crippen LogP contribution in [0.4, 0.5) is 5.69 Å². The van der Waals surface area contributed by atoms with Crippen LogP contribution in [0.15, 0.2) is 48.8 Å². The van der Waals surface area contributed by atoms with Crippen molar-refractivity contribution in [2.24, 2.45) is 0 Å². The van der Waals surface area contributed by atoms with Crippen molar-refractivity contribution >= 4 is 23.4 Å². The third kappa shape index (κ3) is 3.28. The lowest BCUT2D eigenvalue weighted by molar-refractivity contribution is -0.131. The Bertz CT molecular complexity index is 841. The third-order valence-electron chi connectivity index (χ3n) is 5.09. The van der Waals surface area contributed by atoms with Gasteiger partial charge in [-0.2, -0.15) is 0 Å². The van der Waals surface area contributed by atoms with Crippen LogP contribution < -0.4 is 4.90 Å². The molecule has 3 heterocycles. The summed E-state index contributed by atoms with van der Waals surface area (Å²) in [6.45, 7) is 2.88. The largest absolute Gasteiger partial charge is 0.368 e. The predicted octanol–water partition coefficient (Wildman–Crippen LogP) is 1.42. The number of carbonyl (C=O) groups excluding carboxylic acids is 3. The molecule has 0 atom stereocenters. The zero-order valence-electron chi connectivity index (χ0n) is 14.9. The fourth-order valence-electron chi connectivity index (χ4n) is 3.58. The molecule has 0 unspecified atom stereocenters. The normalized spacial score (nSPS) is 16.7. The van der Waals surface area contributed by atoms with Crippen molar-refractivity contribution in [1.29, 1.82) is 0 Å². The van der Waals surface area contributed by atoms with Gasteiger partial charge in [-0.15, -0.1) is 0 Å². The first-order valence-corrected chi connectivity index (χ1v) is 9.03. The summed E-state index contributed by atoms with van der Waals surface area (Å²) >= 11 is 0. The summed E-state index contributed by atoms with van der Waals surface area (Å²) in [5, 5.41) is 0. The number of imide groups is 1. The average molecular weight is 364 g/mol. The first-order chi connectivity index (χ1) is 13.1. The number of carbonyl (C=O) groups is 3. The summed E-state index contributed by atoms with van der Waals surface area (Å²) in [7, 11) is 0. The average Bonchev–Trinajstić information content (AvgIpc) is 2.97. The second kappa shape index (κ2) is 7.19. The maximum Gasteiger partial charge on any atom is 0.261 e. The van der Waals surface area contributed by atoms with Gasteiger partial charge in [0.25, 0.3) is 11.8 Å². The molecule has 0 bridgehead atoms. The maximum absolute atomic E-state index is 12.5. The molecule has 0 N–H and O–H groups in total. The molecule has 2 aromatic rings. The van der Waals surface area contributed by atoms with E-state index in [-0.39, 0.29) is 30.7 Å². The standard InChI is InChI=1S/C20H20N4O3/c25-18(23-13-11-22(12-14-23)15-5-8-21-9-6-15)7-10-24-19(26)16-3-1-2-4-17(16)20(24)27/h1-6,8-9H,7,10-14H2. The van der Waals surface area contributed by atoms with Gasteiger partial charge in [0.1, 0.15) is 0 Å². The molecule has 7 nitrogen and oxygen atoms in total. The maximum atomic E-state index is 12.5. The summed E-state index contributed by atoms with van der Waals surface area (Å²) in [6, 6.07) is 10.7. The second-order valence-electron chi connectivity index (χ2n) is 6.63. The highest BCUT2D eigenvalue weighted by Crippen LogP contribution is 2.22. The summed E-state index contributed by atoms with van der Waals surface area (Å²) in [5.74, 6) is -0.655. The number of rotatable bonds is 4. The summed E-state index contributed by atoms with van der Waals surface area (Å²) in [6.07, 6.45) is 3.67. The van der Waals surface area contributed by atoms with Gasteiger partial charge in [0.2, 0.25) is 5.91 Å². The first-order valence-electron chi connectivity index (χ1n) is 9.03. The van der Waals surface area contributed by atoms with E-state index in [0.717, 1.165) is 18.8 Å². The van der Waals surface area contributed by atoms with E-state index in [9.17, 15) is 14.4 Å². The molecule has 0 radical (unpaired) electrons. The van der Waals surface area contributed by atoms with E-state index < -0.39 is 0 Å². The van der Waals surface area contributed by atoms with E-state index >= 15 is 0 Å². The molecule has 4 rings (SSSR count). The summed E-state index contributed by atoms with van der Waals surface area (Å²) in [5.41, 5.74) is 1.94. The number of piperazine rings is 1. The van der Waals surface area contributed by atoms with Gasteiger partial charge in [-0.3, -0.25) is 24.3 Å². The van der Waals surface area contributed by atoms with E-state index in [1.54, 1.807) is 41.6 Å². The Balaban J connectivity index is 1.31. The zero-order valence-corrected chi connectivity index (χ0v) is 14.9. The van der Waals surface area contributed by atoms with E-state index in [4.69, 9.17) is 0 Å². The number of anilines is 1. The Morgan fingerprint density at radius 3 is 2.07 bits per heavy atom. The minimum Gasteiger partial charge on any atom is -0.368 e. The molecular formula is C20H20N4O3. The Morgan fingerprint density at radius 1 is 0.889 bits per heavy atom. The minimum absolute atomic E-state index is 0.0269. The van der Waals surface area contributed by atoms with Crippen molar-refractivity contribution in [2.45, 2.75) is 6.42 Å². The van der Waals surface area contributed by atoms with Gasteiger partial charge in [0.15, 0.2) is 0 Å². The highest BCUT2D eigenvalue weighted by molar-refractivity contribution is 6.21. The topological polar surface area (TPSA) is 73.8 Å². The molecule has 0 spiro atoms. The van der Waals surface area contributed by atoms with Crippen LogP contribution in [0.5, 0.6) is 0 Å². The van der Waals surface area contributed by atoms with Crippen LogP contribution in [-0.4, -0.2) is 65.2 Å². The smallest absolute Gasteiger partial charge is 0.261 e. The summed E-state index contributed by atoms with van der Waals surface area (Å²) < 4.78 is 0. The van der Waals surface area contributed by atoms with Crippen LogP contribution in [0.1, 0.15) is 27.1 Å². The van der Waals surface area contributed by atoms with E-state index in [1.165, 1.54) is 4.90 Å². The first kappa shape index (κ1) is 17.2. The number of nitrogens with zero attached hydrogens (tertiary/aromatic N) is 4. The molecule has 27 heavy (non-hydrogen) atoms. The SMILES string of the molecule is O=C(CCN1C(=O)c2ccccc2C1=O)N1CCN(c2ccncc2)CC1. The van der Waals surface area contributed by atoms with Gasteiger partial charge in [-0.05, 0) is 24.3 Å². The lowest BCUT2D eigenvalue weighted by atomic mass is 10.1. The van der Waals surface area contributed by atoms with Crippen molar-refractivity contribution < 1.29 is 14.4 Å². The molecule has 1 fully saturated rings. The van der Waals surface area contributed by atoms with Crippen LogP contribution >= 0.6 is 0 Å². The van der Waals surface area contributed by atoms with Crippen LogP contribution in [0.25, 0.3) is 0 Å². The minimum atomic E-state index is -0.314. The van der Waals surface area contributed by atoms with Crippen molar-refractivity contribution in [3.05, 3.63) is 59.9 Å². The van der Waals surface area contributed by atoms with Crippen molar-refractivity contribution in [1.82, 2.24) is 14.8 Å². The fraction of sp³-hybridized carbons (Fsp3) is 0.300. The quantitative estimate of drug-likeness (QED) is 0.767. The monoisotopic (exact) mass is 364 g/mol. The molecule has 1 aromatic carbocycles. The van der Waals surface area contributed by atoms with Crippen molar-refractivity contribution in [2.75, 3.05) is 37.6 Å². The lowest BCUT2D eigenvalue weighted by Crippen LogP contribution is -2.49. The van der Waals surface area contributed by atoms with E-state index in [2.05, 4.69) is 9.88 Å². The molecule has 1 saturated heterocycles. The molecule has 2 aliphatic heterocycles. The van der Waals surface area contributed by atoms with Gasteiger partial charge >= 0.3 is 0 Å². The Hall–Kier alpha value is -3.22. The molecule has 3 amide bonds.